The van der Waals surface area contributed by atoms with E-state index in [4.69, 9.17) is 0 Å². The van der Waals surface area contributed by atoms with Gasteiger partial charge in [0.2, 0.25) is 0 Å². The summed E-state index contributed by atoms with van der Waals surface area (Å²) < 4.78 is 0. The number of hydrogen-bond acceptors (Lipinski definition) is 3. The van der Waals surface area contributed by atoms with Crippen LogP contribution < -0.4 is 10.6 Å². The molecule has 1 amide bonds. The quantitative estimate of drug-likeness (QED) is 0.641. The Morgan fingerprint density at radius 3 is 2.70 bits per heavy atom. The Kier molecular flexibility index (Phi) is 5.99. The first-order valence-corrected chi connectivity index (χ1v) is 7.70. The predicted molar refractivity (Wildman–Crippen MR) is 80.8 cm³/mol. The molecule has 2 rings (SSSR count). The van der Waals surface area contributed by atoms with Gasteiger partial charge in [-0.05, 0) is 31.4 Å². The first-order chi connectivity index (χ1) is 9.77. The zero-order valence-corrected chi connectivity index (χ0v) is 12.3. The van der Waals surface area contributed by atoms with Crippen molar-refractivity contribution in [2.75, 3.05) is 13.1 Å². The number of carbonyl (C=O) groups excluding carboxylic acids is 1. The van der Waals surface area contributed by atoms with Crippen molar-refractivity contribution in [1.29, 1.82) is 0 Å². The maximum absolute atomic E-state index is 12.0. The van der Waals surface area contributed by atoms with E-state index in [2.05, 4.69) is 15.6 Å². The molecule has 0 radical (unpaired) electrons. The van der Waals surface area contributed by atoms with Crippen LogP contribution in [-0.2, 0) is 0 Å². The number of aryl methyl sites for hydroxylation is 1. The Morgan fingerprint density at radius 1 is 1.25 bits per heavy atom. The highest BCUT2D eigenvalue weighted by molar-refractivity contribution is 5.93. The first kappa shape index (κ1) is 15.0. The third-order valence-electron chi connectivity index (χ3n) is 3.92. The molecule has 0 aromatic carbocycles. The Balaban J connectivity index is 1.68. The second kappa shape index (κ2) is 8.00. The normalized spacial score (nSPS) is 16.6. The summed E-state index contributed by atoms with van der Waals surface area (Å²) in [5.41, 5.74) is 1.45. The van der Waals surface area contributed by atoms with Crippen LogP contribution in [0.2, 0.25) is 0 Å². The molecule has 1 saturated carbocycles. The van der Waals surface area contributed by atoms with Crippen molar-refractivity contribution >= 4 is 5.91 Å². The van der Waals surface area contributed by atoms with Gasteiger partial charge in [-0.25, -0.2) is 0 Å². The summed E-state index contributed by atoms with van der Waals surface area (Å²) in [5.74, 6) is -0.0780. The molecular formula is C16H25N3O. The Morgan fingerprint density at radius 2 is 2.00 bits per heavy atom. The molecule has 4 heteroatoms. The lowest BCUT2D eigenvalue weighted by atomic mass is 10.1. The Labute approximate surface area is 121 Å². The fourth-order valence-corrected chi connectivity index (χ4v) is 2.74. The van der Waals surface area contributed by atoms with Crippen LogP contribution in [-0.4, -0.2) is 30.0 Å². The Bertz CT molecular complexity index is 425. The van der Waals surface area contributed by atoms with E-state index in [9.17, 15) is 4.79 Å². The van der Waals surface area contributed by atoms with Gasteiger partial charge in [0.15, 0.2) is 0 Å². The molecule has 1 aliphatic carbocycles. The lowest BCUT2D eigenvalue weighted by Crippen LogP contribution is -2.37. The third kappa shape index (κ3) is 4.60. The SMILES string of the molecule is Cc1cccnc1C(=O)NCCNC1CCCCCC1. The molecule has 4 nitrogen and oxygen atoms in total. The van der Waals surface area contributed by atoms with Crippen LogP contribution in [0.4, 0.5) is 0 Å². The molecule has 1 heterocycles. The van der Waals surface area contributed by atoms with Gasteiger partial charge in [0.1, 0.15) is 5.69 Å². The van der Waals surface area contributed by atoms with E-state index in [0.717, 1.165) is 12.1 Å². The molecule has 0 unspecified atom stereocenters. The van der Waals surface area contributed by atoms with Crippen LogP contribution in [0.3, 0.4) is 0 Å². The zero-order valence-electron chi connectivity index (χ0n) is 12.3. The minimum atomic E-state index is -0.0780. The van der Waals surface area contributed by atoms with Crippen molar-refractivity contribution in [3.05, 3.63) is 29.6 Å². The van der Waals surface area contributed by atoms with Crippen molar-refractivity contribution in [2.24, 2.45) is 0 Å². The minimum absolute atomic E-state index is 0.0780. The largest absolute Gasteiger partial charge is 0.349 e. The summed E-state index contributed by atoms with van der Waals surface area (Å²) >= 11 is 0. The summed E-state index contributed by atoms with van der Waals surface area (Å²) in [6.07, 6.45) is 9.60. The molecule has 0 saturated heterocycles. The molecule has 1 aromatic heterocycles. The number of nitrogens with zero attached hydrogens (tertiary/aromatic N) is 1. The average Bonchev–Trinajstić information content (AvgIpc) is 2.72. The molecule has 0 aliphatic heterocycles. The van der Waals surface area contributed by atoms with Gasteiger partial charge in [-0.15, -0.1) is 0 Å². The summed E-state index contributed by atoms with van der Waals surface area (Å²) in [6.45, 7) is 3.40. The van der Waals surface area contributed by atoms with Crippen LogP contribution in [0.15, 0.2) is 18.3 Å². The van der Waals surface area contributed by atoms with E-state index >= 15 is 0 Å². The summed E-state index contributed by atoms with van der Waals surface area (Å²) in [6, 6.07) is 4.39. The summed E-state index contributed by atoms with van der Waals surface area (Å²) in [7, 11) is 0. The number of pyridine rings is 1. The van der Waals surface area contributed by atoms with Crippen LogP contribution in [0.5, 0.6) is 0 Å². The van der Waals surface area contributed by atoms with Gasteiger partial charge in [0, 0.05) is 25.3 Å². The highest BCUT2D eigenvalue weighted by Gasteiger charge is 2.12. The average molecular weight is 275 g/mol. The van der Waals surface area contributed by atoms with Crippen molar-refractivity contribution in [1.82, 2.24) is 15.6 Å². The van der Waals surface area contributed by atoms with E-state index in [1.54, 1.807) is 6.20 Å². The zero-order chi connectivity index (χ0) is 14.2. The molecular weight excluding hydrogens is 250 g/mol. The molecule has 110 valence electrons. The van der Waals surface area contributed by atoms with E-state index in [0.29, 0.717) is 18.3 Å². The van der Waals surface area contributed by atoms with E-state index in [1.165, 1.54) is 38.5 Å². The maximum atomic E-state index is 12.0. The highest BCUT2D eigenvalue weighted by Crippen LogP contribution is 2.16. The van der Waals surface area contributed by atoms with E-state index in [-0.39, 0.29) is 5.91 Å². The molecule has 2 N–H and O–H groups in total. The van der Waals surface area contributed by atoms with Crippen molar-refractivity contribution in [2.45, 2.75) is 51.5 Å². The monoisotopic (exact) mass is 275 g/mol. The fraction of sp³-hybridized carbons (Fsp3) is 0.625. The molecule has 0 atom stereocenters. The number of hydrogen-bond donors (Lipinski definition) is 2. The molecule has 0 bridgehead atoms. The number of carbonyl (C=O) groups is 1. The van der Waals surface area contributed by atoms with Gasteiger partial charge in [-0.1, -0.05) is 31.7 Å². The number of rotatable bonds is 5. The number of aromatic nitrogens is 1. The maximum Gasteiger partial charge on any atom is 0.270 e. The minimum Gasteiger partial charge on any atom is -0.349 e. The van der Waals surface area contributed by atoms with Crippen LogP contribution in [0.1, 0.15) is 54.6 Å². The molecule has 1 aromatic rings. The molecule has 0 spiro atoms. The van der Waals surface area contributed by atoms with Crippen molar-refractivity contribution in [3.8, 4) is 0 Å². The van der Waals surface area contributed by atoms with Gasteiger partial charge in [-0.3, -0.25) is 9.78 Å². The van der Waals surface area contributed by atoms with Gasteiger partial charge in [-0.2, -0.15) is 0 Å². The van der Waals surface area contributed by atoms with Crippen molar-refractivity contribution < 1.29 is 4.79 Å². The van der Waals surface area contributed by atoms with Crippen LogP contribution >= 0.6 is 0 Å². The number of amides is 1. The predicted octanol–water partition coefficient (Wildman–Crippen LogP) is 2.43. The lowest BCUT2D eigenvalue weighted by Gasteiger charge is -2.16. The fourth-order valence-electron chi connectivity index (χ4n) is 2.74. The van der Waals surface area contributed by atoms with Gasteiger partial charge < -0.3 is 10.6 Å². The van der Waals surface area contributed by atoms with E-state index < -0.39 is 0 Å². The van der Waals surface area contributed by atoms with E-state index in [1.807, 2.05) is 19.1 Å². The van der Waals surface area contributed by atoms with Gasteiger partial charge in [0.25, 0.3) is 5.91 Å². The van der Waals surface area contributed by atoms with Crippen LogP contribution in [0.25, 0.3) is 0 Å². The molecule has 1 fully saturated rings. The third-order valence-corrected chi connectivity index (χ3v) is 3.92. The second-order valence-corrected chi connectivity index (χ2v) is 5.57. The van der Waals surface area contributed by atoms with Gasteiger partial charge >= 0.3 is 0 Å². The smallest absolute Gasteiger partial charge is 0.270 e. The number of nitrogens with one attached hydrogen (secondary N) is 2. The highest BCUT2D eigenvalue weighted by atomic mass is 16.1. The van der Waals surface area contributed by atoms with Crippen molar-refractivity contribution in [3.63, 3.8) is 0 Å². The summed E-state index contributed by atoms with van der Waals surface area (Å²) in [4.78, 5) is 16.1. The van der Waals surface area contributed by atoms with Crippen LogP contribution in [0, 0.1) is 6.92 Å². The lowest BCUT2D eigenvalue weighted by molar-refractivity contribution is 0.0948. The first-order valence-electron chi connectivity index (χ1n) is 7.70. The topological polar surface area (TPSA) is 54.0 Å². The van der Waals surface area contributed by atoms with Gasteiger partial charge in [0.05, 0.1) is 0 Å². The molecule has 20 heavy (non-hydrogen) atoms. The standard InChI is InChI=1S/C16H25N3O/c1-13-7-6-10-18-15(13)16(20)19-12-11-17-14-8-4-2-3-5-9-14/h6-7,10,14,17H,2-5,8-9,11-12H2,1H3,(H,19,20). The second-order valence-electron chi connectivity index (χ2n) is 5.57. The summed E-state index contributed by atoms with van der Waals surface area (Å²) in [5, 5.41) is 6.48. The Hall–Kier alpha value is -1.42. The molecule has 1 aliphatic rings.